The predicted molar refractivity (Wildman–Crippen MR) is 71.5 cm³/mol. The quantitative estimate of drug-likeness (QED) is 0.656. The molecule has 0 radical (unpaired) electrons. The number of sulfonamides is 1. The monoisotopic (exact) mass is 290 g/mol. The molecular weight excluding hydrogens is 271 g/mol. The van der Waals surface area contributed by atoms with Crippen LogP contribution in [0.5, 0.6) is 0 Å². The molecule has 0 bridgehead atoms. The van der Waals surface area contributed by atoms with Gasteiger partial charge in [0, 0.05) is 13.2 Å². The average molecular weight is 290 g/mol. The predicted octanol–water partition coefficient (Wildman–Crippen LogP) is 1.09. The normalized spacial score (nSPS) is 13.4. The van der Waals surface area contributed by atoms with Crippen molar-refractivity contribution >= 4 is 15.7 Å². The number of aliphatic hydroxyl groups is 1. The summed E-state index contributed by atoms with van der Waals surface area (Å²) in [6.07, 6.45) is 1.21. The maximum absolute atomic E-state index is 13.6. The molecule has 1 aromatic rings. The van der Waals surface area contributed by atoms with Gasteiger partial charge in [0.05, 0.1) is 5.69 Å². The molecule has 0 aromatic heterocycles. The number of hydrogen-bond donors (Lipinski definition) is 3. The third-order valence-corrected chi connectivity index (χ3v) is 4.46. The van der Waals surface area contributed by atoms with Gasteiger partial charge in [0.15, 0.2) is 0 Å². The minimum atomic E-state index is -3.98. The van der Waals surface area contributed by atoms with Crippen LogP contribution in [0.3, 0.4) is 0 Å². The maximum atomic E-state index is 13.6. The van der Waals surface area contributed by atoms with Crippen LogP contribution < -0.4 is 10.5 Å². The molecule has 0 aliphatic carbocycles. The molecule has 0 aliphatic rings. The Balaban J connectivity index is 2.87. The van der Waals surface area contributed by atoms with E-state index in [4.69, 9.17) is 10.8 Å². The van der Waals surface area contributed by atoms with Gasteiger partial charge in [0.1, 0.15) is 10.7 Å². The first-order valence-corrected chi connectivity index (χ1v) is 7.55. The summed E-state index contributed by atoms with van der Waals surface area (Å²) in [4.78, 5) is -0.520. The Morgan fingerprint density at radius 3 is 2.68 bits per heavy atom. The second kappa shape index (κ2) is 6.83. The number of nitrogens with two attached hydrogens (primary N) is 1. The Morgan fingerprint density at radius 2 is 2.16 bits per heavy atom. The van der Waals surface area contributed by atoms with Gasteiger partial charge in [-0.15, -0.1) is 0 Å². The summed E-state index contributed by atoms with van der Waals surface area (Å²) in [7, 11) is -3.98. The Hall–Kier alpha value is -1.18. The summed E-state index contributed by atoms with van der Waals surface area (Å²) in [6.45, 7) is 2.03. The molecule has 0 amide bonds. The second-order valence-electron chi connectivity index (χ2n) is 4.30. The van der Waals surface area contributed by atoms with Crippen molar-refractivity contribution < 1.29 is 17.9 Å². The lowest BCUT2D eigenvalue weighted by atomic mass is 10.0. The van der Waals surface area contributed by atoms with Crippen LogP contribution in [0.1, 0.15) is 19.8 Å². The highest BCUT2D eigenvalue weighted by molar-refractivity contribution is 7.89. The Kier molecular flexibility index (Phi) is 5.71. The van der Waals surface area contributed by atoms with Crippen molar-refractivity contribution in [1.82, 2.24) is 4.72 Å². The van der Waals surface area contributed by atoms with E-state index < -0.39 is 20.7 Å². The van der Waals surface area contributed by atoms with Gasteiger partial charge < -0.3 is 10.8 Å². The Morgan fingerprint density at radius 1 is 1.47 bits per heavy atom. The molecule has 0 saturated heterocycles. The molecule has 1 aromatic carbocycles. The third-order valence-electron chi connectivity index (χ3n) is 2.94. The molecule has 7 heteroatoms. The fourth-order valence-corrected chi connectivity index (χ4v) is 3.04. The largest absolute Gasteiger partial charge is 0.398 e. The lowest BCUT2D eigenvalue weighted by Crippen LogP contribution is -2.30. The van der Waals surface area contributed by atoms with Crippen LogP contribution >= 0.6 is 0 Å². The topological polar surface area (TPSA) is 92.4 Å². The molecule has 0 aliphatic heterocycles. The molecule has 1 rings (SSSR count). The van der Waals surface area contributed by atoms with Crippen LogP contribution in [-0.2, 0) is 10.0 Å². The minimum Gasteiger partial charge on any atom is -0.398 e. The SMILES string of the molecule is CCC(CCO)CNS(=O)(=O)c1c(N)cccc1F. The smallest absolute Gasteiger partial charge is 0.245 e. The summed E-state index contributed by atoms with van der Waals surface area (Å²) in [5.41, 5.74) is 5.38. The van der Waals surface area contributed by atoms with Gasteiger partial charge in [-0.1, -0.05) is 19.4 Å². The molecule has 1 atom stereocenters. The zero-order valence-corrected chi connectivity index (χ0v) is 11.6. The molecule has 0 fully saturated rings. The Labute approximate surface area is 112 Å². The Bertz CT molecular complexity index is 499. The van der Waals surface area contributed by atoms with E-state index in [1.807, 2.05) is 6.92 Å². The first-order valence-electron chi connectivity index (χ1n) is 6.06. The van der Waals surface area contributed by atoms with Crippen molar-refractivity contribution in [3.05, 3.63) is 24.0 Å². The molecule has 1 unspecified atom stereocenters. The molecule has 0 saturated carbocycles. The van der Waals surface area contributed by atoms with Crippen LogP contribution in [0, 0.1) is 11.7 Å². The van der Waals surface area contributed by atoms with Crippen molar-refractivity contribution in [3.8, 4) is 0 Å². The fourth-order valence-electron chi connectivity index (χ4n) is 1.74. The van der Waals surface area contributed by atoms with Gasteiger partial charge in [0.25, 0.3) is 0 Å². The average Bonchev–Trinajstić information content (AvgIpc) is 2.34. The van der Waals surface area contributed by atoms with Gasteiger partial charge in [-0.3, -0.25) is 0 Å². The lowest BCUT2D eigenvalue weighted by Gasteiger charge is -2.15. The summed E-state index contributed by atoms with van der Waals surface area (Å²) in [5.74, 6) is -0.865. The lowest BCUT2D eigenvalue weighted by molar-refractivity contribution is 0.254. The van der Waals surface area contributed by atoms with E-state index in [1.165, 1.54) is 12.1 Å². The van der Waals surface area contributed by atoms with Gasteiger partial charge in [0.2, 0.25) is 10.0 Å². The number of nitrogen functional groups attached to an aromatic ring is 1. The van der Waals surface area contributed by atoms with Crippen LogP contribution in [-0.4, -0.2) is 26.7 Å². The van der Waals surface area contributed by atoms with Crippen LogP contribution in [0.4, 0.5) is 10.1 Å². The van der Waals surface area contributed by atoms with Crippen molar-refractivity contribution in [2.75, 3.05) is 18.9 Å². The first kappa shape index (κ1) is 15.9. The van der Waals surface area contributed by atoms with E-state index in [1.54, 1.807) is 0 Å². The van der Waals surface area contributed by atoms with E-state index >= 15 is 0 Å². The number of nitrogens with one attached hydrogen (secondary N) is 1. The van der Waals surface area contributed by atoms with Gasteiger partial charge >= 0.3 is 0 Å². The van der Waals surface area contributed by atoms with Gasteiger partial charge in [-0.05, 0) is 24.5 Å². The van der Waals surface area contributed by atoms with Crippen LogP contribution in [0.25, 0.3) is 0 Å². The number of rotatable bonds is 7. The van der Waals surface area contributed by atoms with E-state index in [9.17, 15) is 12.8 Å². The van der Waals surface area contributed by atoms with Gasteiger partial charge in [-0.25, -0.2) is 17.5 Å². The molecular formula is C12H19FN2O3S. The molecule has 0 spiro atoms. The highest BCUT2D eigenvalue weighted by Gasteiger charge is 2.22. The standard InChI is InChI=1S/C12H19FN2O3S/c1-2-9(6-7-16)8-15-19(17,18)12-10(13)4-3-5-11(12)14/h3-5,9,15-16H,2,6-8,14H2,1H3. The van der Waals surface area contributed by atoms with E-state index in [-0.39, 0.29) is 24.8 Å². The fraction of sp³-hybridized carbons (Fsp3) is 0.500. The third kappa shape index (κ3) is 4.15. The summed E-state index contributed by atoms with van der Waals surface area (Å²) in [5, 5.41) is 8.85. The van der Waals surface area contributed by atoms with Crippen molar-refractivity contribution in [3.63, 3.8) is 0 Å². The molecule has 19 heavy (non-hydrogen) atoms. The number of halogens is 1. The number of anilines is 1. The van der Waals surface area contributed by atoms with E-state index in [0.717, 1.165) is 12.5 Å². The number of benzene rings is 1. The number of aliphatic hydroxyl groups excluding tert-OH is 1. The van der Waals surface area contributed by atoms with Crippen molar-refractivity contribution in [2.45, 2.75) is 24.7 Å². The second-order valence-corrected chi connectivity index (χ2v) is 6.00. The molecule has 0 heterocycles. The van der Waals surface area contributed by atoms with Gasteiger partial charge in [-0.2, -0.15) is 0 Å². The van der Waals surface area contributed by atoms with Crippen LogP contribution in [0.15, 0.2) is 23.1 Å². The summed E-state index contributed by atoms with van der Waals surface area (Å²) in [6, 6.07) is 3.74. The van der Waals surface area contributed by atoms with Crippen LogP contribution in [0.2, 0.25) is 0 Å². The van der Waals surface area contributed by atoms with Crippen molar-refractivity contribution in [2.24, 2.45) is 5.92 Å². The van der Waals surface area contributed by atoms with E-state index in [2.05, 4.69) is 4.72 Å². The minimum absolute atomic E-state index is 0.00720. The highest BCUT2D eigenvalue weighted by atomic mass is 32.2. The summed E-state index contributed by atoms with van der Waals surface area (Å²) < 4.78 is 39.9. The maximum Gasteiger partial charge on any atom is 0.245 e. The molecule has 108 valence electrons. The first-order chi connectivity index (χ1) is 8.92. The highest BCUT2D eigenvalue weighted by Crippen LogP contribution is 2.21. The van der Waals surface area contributed by atoms with Crippen molar-refractivity contribution in [1.29, 1.82) is 0 Å². The zero-order chi connectivity index (χ0) is 14.5. The molecule has 4 N–H and O–H groups in total. The number of hydrogen-bond acceptors (Lipinski definition) is 4. The van der Waals surface area contributed by atoms with E-state index in [0.29, 0.717) is 6.42 Å². The molecule has 5 nitrogen and oxygen atoms in total. The summed E-state index contributed by atoms with van der Waals surface area (Å²) >= 11 is 0. The zero-order valence-electron chi connectivity index (χ0n) is 10.8.